The molecular formula is C20H20BrFN4O3S. The summed E-state index contributed by atoms with van der Waals surface area (Å²) >= 11 is 3.26. The molecule has 0 saturated carbocycles. The van der Waals surface area contributed by atoms with Crippen LogP contribution in [0.5, 0.6) is 0 Å². The molecule has 1 saturated heterocycles. The van der Waals surface area contributed by atoms with E-state index in [0.29, 0.717) is 31.9 Å². The Hall–Kier alpha value is -2.48. The molecule has 0 unspecified atom stereocenters. The molecule has 2 aromatic rings. The third-order valence-corrected chi connectivity index (χ3v) is 7.30. The van der Waals surface area contributed by atoms with Crippen LogP contribution in [-0.2, 0) is 14.8 Å². The van der Waals surface area contributed by atoms with Gasteiger partial charge in [0.1, 0.15) is 17.4 Å². The van der Waals surface area contributed by atoms with E-state index in [4.69, 9.17) is 0 Å². The molecule has 1 aliphatic heterocycles. The second kappa shape index (κ2) is 9.12. The van der Waals surface area contributed by atoms with Crippen LogP contribution in [0.25, 0.3) is 0 Å². The molecule has 0 aromatic heterocycles. The number of halogens is 2. The number of rotatable bonds is 5. The Morgan fingerprint density at radius 1 is 1.17 bits per heavy atom. The minimum absolute atomic E-state index is 0.0161. The van der Waals surface area contributed by atoms with Crippen LogP contribution in [0.15, 0.2) is 51.8 Å². The first-order valence-corrected chi connectivity index (χ1v) is 11.4. The van der Waals surface area contributed by atoms with E-state index in [2.05, 4.69) is 15.9 Å². The van der Waals surface area contributed by atoms with Crippen LogP contribution in [0.1, 0.15) is 5.56 Å². The molecule has 2 aromatic carbocycles. The highest BCUT2D eigenvalue weighted by molar-refractivity contribution is 9.10. The standard InChI is InChI=1S/C20H20BrFN4O3S/c1-24(30(28,29)16-7-5-15(21)6-8-16)14-20(27)26-11-9-25(10-12-26)19-4-2-3-18(22)17(19)13-23/h2-8H,9-12,14H2,1H3. The molecule has 1 aliphatic rings. The maximum Gasteiger partial charge on any atom is 0.243 e. The van der Waals surface area contributed by atoms with Crippen molar-refractivity contribution < 1.29 is 17.6 Å². The third-order valence-electron chi connectivity index (χ3n) is 4.96. The van der Waals surface area contributed by atoms with Crippen LogP contribution >= 0.6 is 15.9 Å². The zero-order chi connectivity index (χ0) is 21.9. The Bertz CT molecular complexity index is 1080. The quantitative estimate of drug-likeness (QED) is 0.637. The number of sulfonamides is 1. The summed E-state index contributed by atoms with van der Waals surface area (Å²) < 4.78 is 41.0. The van der Waals surface area contributed by atoms with Crippen molar-refractivity contribution in [3.8, 4) is 6.07 Å². The Morgan fingerprint density at radius 3 is 2.40 bits per heavy atom. The number of carbonyl (C=O) groups excluding carboxylic acids is 1. The fourth-order valence-electron chi connectivity index (χ4n) is 3.25. The Kier molecular flexibility index (Phi) is 6.75. The van der Waals surface area contributed by atoms with E-state index in [0.717, 1.165) is 8.78 Å². The molecule has 3 rings (SSSR count). The minimum Gasteiger partial charge on any atom is -0.367 e. The van der Waals surface area contributed by atoms with E-state index >= 15 is 0 Å². The van der Waals surface area contributed by atoms with Crippen LogP contribution in [0, 0.1) is 17.1 Å². The smallest absolute Gasteiger partial charge is 0.243 e. The summed E-state index contributed by atoms with van der Waals surface area (Å²) in [5.74, 6) is -0.883. The molecule has 30 heavy (non-hydrogen) atoms. The van der Waals surface area contributed by atoms with E-state index in [9.17, 15) is 22.9 Å². The SMILES string of the molecule is CN(CC(=O)N1CCN(c2cccc(F)c2C#N)CC1)S(=O)(=O)c1ccc(Br)cc1. The highest BCUT2D eigenvalue weighted by Crippen LogP contribution is 2.24. The van der Waals surface area contributed by atoms with E-state index in [1.807, 2.05) is 11.0 Å². The summed E-state index contributed by atoms with van der Waals surface area (Å²) in [6, 6.07) is 12.6. The Labute approximate surface area is 183 Å². The highest BCUT2D eigenvalue weighted by atomic mass is 79.9. The zero-order valence-corrected chi connectivity index (χ0v) is 18.7. The van der Waals surface area contributed by atoms with Crippen molar-refractivity contribution in [2.24, 2.45) is 0 Å². The van der Waals surface area contributed by atoms with Crippen molar-refractivity contribution in [2.45, 2.75) is 4.90 Å². The molecule has 1 heterocycles. The van der Waals surface area contributed by atoms with Gasteiger partial charge in [-0.1, -0.05) is 22.0 Å². The number of anilines is 1. The van der Waals surface area contributed by atoms with Crippen molar-refractivity contribution in [1.29, 1.82) is 5.26 Å². The lowest BCUT2D eigenvalue weighted by Crippen LogP contribution is -2.51. The minimum atomic E-state index is -3.78. The predicted octanol–water partition coefficient (Wildman–Crippen LogP) is 2.43. The molecule has 158 valence electrons. The van der Waals surface area contributed by atoms with Gasteiger partial charge in [0.15, 0.2) is 0 Å². The summed E-state index contributed by atoms with van der Waals surface area (Å²) in [7, 11) is -2.41. The number of piperazine rings is 1. The van der Waals surface area contributed by atoms with Gasteiger partial charge in [-0.05, 0) is 36.4 Å². The first-order valence-electron chi connectivity index (χ1n) is 9.17. The molecular weight excluding hydrogens is 475 g/mol. The van der Waals surface area contributed by atoms with Crippen LogP contribution in [0.4, 0.5) is 10.1 Å². The van der Waals surface area contributed by atoms with Crippen molar-refractivity contribution in [2.75, 3.05) is 44.7 Å². The number of amides is 1. The van der Waals surface area contributed by atoms with Gasteiger partial charge in [0, 0.05) is 37.7 Å². The molecule has 0 N–H and O–H groups in total. The summed E-state index contributed by atoms with van der Waals surface area (Å²) in [4.78, 5) is 16.2. The van der Waals surface area contributed by atoms with Crippen molar-refractivity contribution in [1.82, 2.24) is 9.21 Å². The summed E-state index contributed by atoms with van der Waals surface area (Å²) in [6.07, 6.45) is 0. The second-order valence-corrected chi connectivity index (χ2v) is 9.79. The van der Waals surface area contributed by atoms with Gasteiger partial charge in [-0.15, -0.1) is 0 Å². The van der Waals surface area contributed by atoms with Gasteiger partial charge in [-0.25, -0.2) is 12.8 Å². The zero-order valence-electron chi connectivity index (χ0n) is 16.3. The van der Waals surface area contributed by atoms with Crippen molar-refractivity contribution in [3.05, 3.63) is 58.3 Å². The highest BCUT2D eigenvalue weighted by Gasteiger charge is 2.28. The average molecular weight is 495 g/mol. The van der Waals surface area contributed by atoms with Crippen LogP contribution in [0.2, 0.25) is 0 Å². The number of likely N-dealkylation sites (N-methyl/N-ethyl adjacent to an activating group) is 1. The van der Waals surface area contributed by atoms with Crippen LogP contribution < -0.4 is 4.90 Å². The average Bonchev–Trinajstić information content (AvgIpc) is 2.74. The van der Waals surface area contributed by atoms with E-state index in [-0.39, 0.29) is 22.9 Å². The van der Waals surface area contributed by atoms with Crippen molar-refractivity contribution in [3.63, 3.8) is 0 Å². The molecule has 10 heteroatoms. The fraction of sp³-hybridized carbons (Fsp3) is 0.300. The first-order chi connectivity index (χ1) is 14.2. The maximum atomic E-state index is 13.8. The van der Waals surface area contributed by atoms with Crippen molar-refractivity contribution >= 4 is 37.5 Å². The second-order valence-electron chi connectivity index (χ2n) is 6.83. The lowest BCUT2D eigenvalue weighted by molar-refractivity contribution is -0.131. The summed E-state index contributed by atoms with van der Waals surface area (Å²) in [5.41, 5.74) is 0.483. The largest absolute Gasteiger partial charge is 0.367 e. The molecule has 7 nitrogen and oxygen atoms in total. The molecule has 0 spiro atoms. The molecule has 0 aliphatic carbocycles. The van der Waals surface area contributed by atoms with Gasteiger partial charge in [-0.2, -0.15) is 9.57 Å². The monoisotopic (exact) mass is 494 g/mol. The number of nitriles is 1. The topological polar surface area (TPSA) is 84.7 Å². The van der Waals surface area contributed by atoms with E-state index < -0.39 is 15.8 Å². The van der Waals surface area contributed by atoms with Crippen LogP contribution in [-0.4, -0.2) is 63.3 Å². The third kappa shape index (κ3) is 4.64. The first kappa shape index (κ1) is 22.2. The summed E-state index contributed by atoms with van der Waals surface area (Å²) in [5, 5.41) is 9.21. The molecule has 1 amide bonds. The number of carbonyl (C=O) groups is 1. The molecule has 0 radical (unpaired) electrons. The number of hydrogen-bond acceptors (Lipinski definition) is 5. The van der Waals surface area contributed by atoms with Crippen LogP contribution in [0.3, 0.4) is 0 Å². The van der Waals surface area contributed by atoms with Gasteiger partial charge >= 0.3 is 0 Å². The number of benzene rings is 2. The lowest BCUT2D eigenvalue weighted by Gasteiger charge is -2.37. The molecule has 1 fully saturated rings. The lowest BCUT2D eigenvalue weighted by atomic mass is 10.1. The van der Waals surface area contributed by atoms with Gasteiger partial charge in [0.2, 0.25) is 15.9 Å². The molecule has 0 atom stereocenters. The van der Waals surface area contributed by atoms with E-state index in [1.165, 1.54) is 25.2 Å². The van der Waals surface area contributed by atoms with Gasteiger partial charge in [-0.3, -0.25) is 4.79 Å². The van der Waals surface area contributed by atoms with E-state index in [1.54, 1.807) is 29.2 Å². The van der Waals surface area contributed by atoms with Gasteiger partial charge in [0.25, 0.3) is 0 Å². The number of hydrogen-bond donors (Lipinski definition) is 0. The predicted molar refractivity (Wildman–Crippen MR) is 114 cm³/mol. The normalized spacial score (nSPS) is 14.6. The number of nitrogens with zero attached hydrogens (tertiary/aromatic N) is 4. The molecule has 0 bridgehead atoms. The summed E-state index contributed by atoms with van der Waals surface area (Å²) in [6.45, 7) is 1.28. The fourth-order valence-corrected chi connectivity index (χ4v) is 4.63. The Morgan fingerprint density at radius 2 is 1.80 bits per heavy atom. The van der Waals surface area contributed by atoms with Gasteiger partial charge < -0.3 is 9.80 Å². The maximum absolute atomic E-state index is 13.8. The Balaban J connectivity index is 1.62. The van der Waals surface area contributed by atoms with Gasteiger partial charge in [0.05, 0.1) is 17.1 Å².